The summed E-state index contributed by atoms with van der Waals surface area (Å²) in [4.78, 5) is 0. The minimum atomic E-state index is -3.53. The maximum atomic E-state index is 12.5. The number of halogens is 1. The Morgan fingerprint density at radius 2 is 2.05 bits per heavy atom. The Balaban J connectivity index is 2.31. The van der Waals surface area contributed by atoms with Gasteiger partial charge in [-0.1, -0.05) is 36.7 Å². The smallest absolute Gasteiger partial charge is 0.252 e. The molecule has 1 heterocycles. The number of rotatable bonds is 5. The van der Waals surface area contributed by atoms with Crippen LogP contribution in [-0.4, -0.2) is 19.3 Å². The number of hydrogen-bond acceptors (Lipinski definition) is 4. The second-order valence-electron chi connectivity index (χ2n) is 4.22. The summed E-state index contributed by atoms with van der Waals surface area (Å²) in [6.07, 6.45) is 0. The first kappa shape index (κ1) is 15.3. The van der Waals surface area contributed by atoms with Crippen molar-refractivity contribution < 1.29 is 8.42 Å². The Labute approximate surface area is 127 Å². The molecule has 0 spiro atoms. The van der Waals surface area contributed by atoms with Crippen molar-refractivity contribution in [2.24, 2.45) is 0 Å². The molecule has 0 aliphatic carbocycles. The van der Waals surface area contributed by atoms with Gasteiger partial charge in [0, 0.05) is 29.2 Å². The van der Waals surface area contributed by atoms with Crippen molar-refractivity contribution in [2.45, 2.75) is 17.7 Å². The van der Waals surface area contributed by atoms with Gasteiger partial charge in [0.25, 0.3) is 10.0 Å². The lowest BCUT2D eigenvalue weighted by molar-refractivity contribution is 0.425. The molecule has 0 fully saturated rings. The van der Waals surface area contributed by atoms with Gasteiger partial charge in [0.2, 0.25) is 0 Å². The first-order valence-electron chi connectivity index (χ1n) is 6.02. The Kier molecular flexibility index (Phi) is 4.70. The van der Waals surface area contributed by atoms with E-state index in [0.29, 0.717) is 17.3 Å². The summed E-state index contributed by atoms with van der Waals surface area (Å²) >= 11 is 7.21. The average molecular weight is 331 g/mol. The fourth-order valence-electron chi connectivity index (χ4n) is 1.78. The number of anilines is 1. The van der Waals surface area contributed by atoms with Gasteiger partial charge < -0.3 is 5.73 Å². The second kappa shape index (κ2) is 6.13. The molecule has 0 radical (unpaired) electrons. The standard InChI is InChI=1S/C13H15ClN2O2S2/c1-2-16(8-10-5-3-4-6-12(10)14)20(17,18)13-7-11(15)9-19-13/h3-7,9H,2,8,15H2,1H3. The van der Waals surface area contributed by atoms with Crippen molar-refractivity contribution in [3.8, 4) is 0 Å². The Bertz CT molecular complexity index is 698. The fourth-order valence-corrected chi connectivity index (χ4v) is 4.63. The normalized spacial score (nSPS) is 11.9. The van der Waals surface area contributed by atoms with Crippen molar-refractivity contribution in [2.75, 3.05) is 12.3 Å². The monoisotopic (exact) mass is 330 g/mol. The number of nitrogens with two attached hydrogens (primary N) is 1. The molecular formula is C13H15ClN2O2S2. The molecule has 0 atom stereocenters. The zero-order chi connectivity index (χ0) is 14.8. The lowest BCUT2D eigenvalue weighted by atomic mass is 10.2. The summed E-state index contributed by atoms with van der Waals surface area (Å²) in [5, 5.41) is 2.18. The van der Waals surface area contributed by atoms with Gasteiger partial charge in [-0.2, -0.15) is 4.31 Å². The number of hydrogen-bond donors (Lipinski definition) is 1. The predicted molar refractivity (Wildman–Crippen MR) is 83.5 cm³/mol. The van der Waals surface area contributed by atoms with E-state index in [2.05, 4.69) is 0 Å². The van der Waals surface area contributed by atoms with Crippen molar-refractivity contribution in [3.05, 3.63) is 46.3 Å². The maximum Gasteiger partial charge on any atom is 0.252 e. The van der Waals surface area contributed by atoms with Crippen LogP contribution in [0.5, 0.6) is 0 Å². The van der Waals surface area contributed by atoms with Gasteiger partial charge in [0.15, 0.2) is 0 Å². The van der Waals surface area contributed by atoms with Crippen LogP contribution in [0, 0.1) is 0 Å². The number of benzene rings is 1. The van der Waals surface area contributed by atoms with Crippen LogP contribution in [0.25, 0.3) is 0 Å². The largest absolute Gasteiger partial charge is 0.398 e. The van der Waals surface area contributed by atoms with Gasteiger partial charge in [-0.25, -0.2) is 8.42 Å². The number of thiophene rings is 1. The van der Waals surface area contributed by atoms with E-state index in [1.165, 1.54) is 10.4 Å². The van der Waals surface area contributed by atoms with Gasteiger partial charge >= 0.3 is 0 Å². The maximum absolute atomic E-state index is 12.5. The van der Waals surface area contributed by atoms with Crippen molar-refractivity contribution in [1.29, 1.82) is 0 Å². The summed E-state index contributed by atoms with van der Waals surface area (Å²) in [6, 6.07) is 8.71. The molecule has 0 unspecified atom stereocenters. The molecule has 4 nitrogen and oxygen atoms in total. The highest BCUT2D eigenvalue weighted by molar-refractivity contribution is 7.91. The molecule has 0 saturated heterocycles. The van der Waals surface area contributed by atoms with Crippen LogP contribution in [0.4, 0.5) is 5.69 Å². The van der Waals surface area contributed by atoms with E-state index in [1.807, 2.05) is 18.2 Å². The molecule has 0 amide bonds. The lowest BCUT2D eigenvalue weighted by Gasteiger charge is -2.20. The molecule has 2 aromatic rings. The van der Waals surface area contributed by atoms with Crippen molar-refractivity contribution >= 4 is 38.6 Å². The molecule has 2 rings (SSSR count). The highest BCUT2D eigenvalue weighted by atomic mass is 35.5. The van der Waals surface area contributed by atoms with Crippen LogP contribution in [0.1, 0.15) is 12.5 Å². The summed E-state index contributed by atoms with van der Waals surface area (Å²) in [5.74, 6) is 0. The minimum Gasteiger partial charge on any atom is -0.398 e. The Hall–Kier alpha value is -1.08. The van der Waals surface area contributed by atoms with Crippen molar-refractivity contribution in [1.82, 2.24) is 4.31 Å². The highest BCUT2D eigenvalue weighted by Gasteiger charge is 2.25. The second-order valence-corrected chi connectivity index (χ2v) is 7.70. The SMILES string of the molecule is CCN(Cc1ccccc1Cl)S(=O)(=O)c1cc(N)cs1. The average Bonchev–Trinajstić information content (AvgIpc) is 2.85. The summed E-state index contributed by atoms with van der Waals surface area (Å²) in [7, 11) is -3.53. The molecule has 108 valence electrons. The molecule has 0 bridgehead atoms. The molecule has 2 N–H and O–H groups in total. The third kappa shape index (κ3) is 3.15. The Morgan fingerprint density at radius 3 is 2.60 bits per heavy atom. The first-order chi connectivity index (χ1) is 9.45. The quantitative estimate of drug-likeness (QED) is 0.915. The van der Waals surface area contributed by atoms with Gasteiger partial charge in [-0.15, -0.1) is 11.3 Å². The molecule has 0 aliphatic heterocycles. The molecule has 0 aliphatic rings. The molecule has 20 heavy (non-hydrogen) atoms. The van der Waals surface area contributed by atoms with Gasteiger partial charge in [0.05, 0.1) is 0 Å². The van der Waals surface area contributed by atoms with E-state index in [0.717, 1.165) is 16.9 Å². The van der Waals surface area contributed by atoms with E-state index in [4.69, 9.17) is 17.3 Å². The third-order valence-electron chi connectivity index (χ3n) is 2.85. The van der Waals surface area contributed by atoms with E-state index >= 15 is 0 Å². The number of sulfonamides is 1. The van der Waals surface area contributed by atoms with Gasteiger partial charge in [-0.05, 0) is 17.7 Å². The van der Waals surface area contributed by atoms with E-state index in [9.17, 15) is 8.42 Å². The zero-order valence-corrected chi connectivity index (χ0v) is 13.3. The Morgan fingerprint density at radius 1 is 1.35 bits per heavy atom. The molecular weight excluding hydrogens is 316 g/mol. The van der Waals surface area contributed by atoms with Gasteiger partial charge in [-0.3, -0.25) is 0 Å². The summed E-state index contributed by atoms with van der Waals surface area (Å²) < 4.78 is 26.7. The van der Waals surface area contributed by atoms with Crippen LogP contribution in [-0.2, 0) is 16.6 Å². The number of nitrogen functional groups attached to an aromatic ring is 1. The van der Waals surface area contributed by atoms with Crippen LogP contribution in [0.2, 0.25) is 5.02 Å². The molecule has 1 aromatic carbocycles. The van der Waals surface area contributed by atoms with E-state index in [1.54, 1.807) is 18.4 Å². The third-order valence-corrected chi connectivity index (χ3v) is 6.57. The molecule has 7 heteroatoms. The first-order valence-corrected chi connectivity index (χ1v) is 8.72. The molecule has 1 aromatic heterocycles. The van der Waals surface area contributed by atoms with Crippen LogP contribution in [0.3, 0.4) is 0 Å². The summed E-state index contributed by atoms with van der Waals surface area (Å²) in [6.45, 7) is 2.41. The predicted octanol–water partition coefficient (Wildman–Crippen LogP) is 3.19. The zero-order valence-electron chi connectivity index (χ0n) is 10.9. The summed E-state index contributed by atoms with van der Waals surface area (Å²) in [5.41, 5.74) is 6.84. The van der Waals surface area contributed by atoms with Crippen LogP contribution < -0.4 is 5.73 Å². The lowest BCUT2D eigenvalue weighted by Crippen LogP contribution is -2.30. The van der Waals surface area contributed by atoms with Crippen molar-refractivity contribution in [3.63, 3.8) is 0 Å². The van der Waals surface area contributed by atoms with E-state index in [-0.39, 0.29) is 10.8 Å². The highest BCUT2D eigenvalue weighted by Crippen LogP contribution is 2.27. The topological polar surface area (TPSA) is 63.4 Å². The van der Waals surface area contributed by atoms with Crippen LogP contribution in [0.15, 0.2) is 39.9 Å². The number of nitrogens with zero attached hydrogens (tertiary/aromatic N) is 1. The van der Waals surface area contributed by atoms with Gasteiger partial charge in [0.1, 0.15) is 4.21 Å². The fraction of sp³-hybridized carbons (Fsp3) is 0.231. The van der Waals surface area contributed by atoms with Crippen LogP contribution >= 0.6 is 22.9 Å². The van der Waals surface area contributed by atoms with E-state index < -0.39 is 10.0 Å². The minimum absolute atomic E-state index is 0.246. The molecule has 0 saturated carbocycles.